The van der Waals surface area contributed by atoms with Crippen molar-refractivity contribution in [3.63, 3.8) is 0 Å². The molecule has 0 nitrogen and oxygen atoms in total. The van der Waals surface area contributed by atoms with Crippen LogP contribution < -0.4 is 0 Å². The van der Waals surface area contributed by atoms with Gasteiger partial charge >= 0.3 is 0 Å². The summed E-state index contributed by atoms with van der Waals surface area (Å²) in [6.45, 7) is 11.6. The summed E-state index contributed by atoms with van der Waals surface area (Å²) < 4.78 is 0. The van der Waals surface area contributed by atoms with Crippen molar-refractivity contribution < 1.29 is 0 Å². The summed E-state index contributed by atoms with van der Waals surface area (Å²) in [5.74, 6) is 0. The van der Waals surface area contributed by atoms with E-state index in [0.29, 0.717) is 10.8 Å². The van der Waals surface area contributed by atoms with Gasteiger partial charge in [-0.05, 0) is 23.7 Å². The molecule has 0 fully saturated rings. The van der Waals surface area contributed by atoms with E-state index in [9.17, 15) is 0 Å². The average molecular weight is 152 g/mol. The molecule has 0 radical (unpaired) electrons. The van der Waals surface area contributed by atoms with E-state index in [-0.39, 0.29) is 0 Å². The van der Waals surface area contributed by atoms with Gasteiger partial charge < -0.3 is 0 Å². The summed E-state index contributed by atoms with van der Waals surface area (Å²) >= 11 is 0. The zero-order chi connectivity index (χ0) is 8.70. The first-order chi connectivity index (χ1) is 4.81. The highest BCUT2D eigenvalue weighted by molar-refractivity contribution is 5.20. The van der Waals surface area contributed by atoms with Crippen LogP contribution in [-0.2, 0) is 0 Å². The molecule has 0 heterocycles. The number of hydrogen-bond acceptors (Lipinski definition) is 0. The molecular formula is C11H20. The lowest BCUT2D eigenvalue weighted by molar-refractivity contribution is 0.460. The molecule has 64 valence electrons. The Hall–Kier alpha value is -0.260. The maximum atomic E-state index is 2.47. The van der Waals surface area contributed by atoms with Crippen molar-refractivity contribution in [2.24, 2.45) is 10.8 Å². The summed E-state index contributed by atoms with van der Waals surface area (Å²) in [6, 6.07) is 0. The molecule has 0 aromatic rings. The lowest BCUT2D eigenvalue weighted by Crippen LogP contribution is -2.07. The van der Waals surface area contributed by atoms with Crippen LogP contribution in [0.1, 0.15) is 47.5 Å². The molecule has 0 spiro atoms. The molecule has 0 saturated carbocycles. The highest BCUT2D eigenvalue weighted by Gasteiger charge is 2.28. The van der Waals surface area contributed by atoms with Crippen LogP contribution in [0.25, 0.3) is 0 Å². The lowest BCUT2D eigenvalue weighted by atomic mass is 9.86. The van der Waals surface area contributed by atoms with E-state index in [1.165, 1.54) is 12.8 Å². The molecule has 1 aliphatic carbocycles. The molecule has 1 rings (SSSR count). The van der Waals surface area contributed by atoms with Crippen molar-refractivity contribution in [1.29, 1.82) is 0 Å². The molecule has 0 heteroatoms. The number of rotatable bonds is 0. The minimum Gasteiger partial charge on any atom is -0.0791 e. The predicted octanol–water partition coefficient (Wildman–Crippen LogP) is 3.78. The molecule has 0 unspecified atom stereocenters. The van der Waals surface area contributed by atoms with Crippen LogP contribution in [0.4, 0.5) is 0 Å². The normalized spacial score (nSPS) is 23.5. The summed E-state index contributed by atoms with van der Waals surface area (Å²) in [6.07, 6.45) is 5.10. The third-order valence-corrected chi connectivity index (χ3v) is 2.57. The van der Waals surface area contributed by atoms with Crippen molar-refractivity contribution >= 4 is 0 Å². The van der Waals surface area contributed by atoms with E-state index < -0.39 is 0 Å². The summed E-state index contributed by atoms with van der Waals surface area (Å²) in [4.78, 5) is 0. The summed E-state index contributed by atoms with van der Waals surface area (Å²) in [5.41, 5.74) is 2.50. The molecule has 0 bridgehead atoms. The van der Waals surface area contributed by atoms with Gasteiger partial charge in [0.25, 0.3) is 0 Å². The first-order valence-electron chi connectivity index (χ1n) is 4.53. The lowest BCUT2D eigenvalue weighted by Gasteiger charge is -2.20. The second-order valence-electron chi connectivity index (χ2n) is 5.41. The Morgan fingerprint density at radius 2 is 1.82 bits per heavy atom. The molecule has 0 N–H and O–H groups in total. The predicted molar refractivity (Wildman–Crippen MR) is 50.6 cm³/mol. The Balaban J connectivity index is 2.79. The van der Waals surface area contributed by atoms with E-state index in [0.717, 1.165) is 0 Å². The van der Waals surface area contributed by atoms with Crippen molar-refractivity contribution in [2.45, 2.75) is 47.5 Å². The van der Waals surface area contributed by atoms with Gasteiger partial charge in [0.2, 0.25) is 0 Å². The van der Waals surface area contributed by atoms with Gasteiger partial charge in [-0.25, -0.2) is 0 Å². The Kier molecular flexibility index (Phi) is 1.90. The Labute approximate surface area is 70.7 Å². The second-order valence-corrected chi connectivity index (χ2v) is 5.41. The smallest absolute Gasteiger partial charge is 0.0169 e. The van der Waals surface area contributed by atoms with Crippen LogP contribution in [0.5, 0.6) is 0 Å². The molecule has 0 saturated heterocycles. The average Bonchev–Trinajstić information content (AvgIpc) is 2.07. The molecule has 0 atom stereocenters. The van der Waals surface area contributed by atoms with E-state index >= 15 is 0 Å². The largest absolute Gasteiger partial charge is 0.0791 e. The topological polar surface area (TPSA) is 0 Å². The van der Waals surface area contributed by atoms with Crippen LogP contribution in [-0.4, -0.2) is 0 Å². The van der Waals surface area contributed by atoms with Crippen LogP contribution in [0.3, 0.4) is 0 Å². The van der Waals surface area contributed by atoms with Crippen LogP contribution >= 0.6 is 0 Å². The highest BCUT2D eigenvalue weighted by Crippen LogP contribution is 2.42. The molecule has 0 aliphatic heterocycles. The molecule has 0 aromatic carbocycles. The zero-order valence-electron chi connectivity index (χ0n) is 8.49. The molecule has 0 aromatic heterocycles. The fourth-order valence-electron chi connectivity index (χ4n) is 1.66. The van der Waals surface area contributed by atoms with Gasteiger partial charge in [0.05, 0.1) is 0 Å². The van der Waals surface area contributed by atoms with Gasteiger partial charge in [-0.2, -0.15) is 0 Å². The van der Waals surface area contributed by atoms with Gasteiger partial charge in [-0.15, -0.1) is 0 Å². The van der Waals surface area contributed by atoms with Crippen LogP contribution in [0.2, 0.25) is 0 Å². The Morgan fingerprint density at radius 1 is 1.27 bits per heavy atom. The van der Waals surface area contributed by atoms with Gasteiger partial charge in [-0.1, -0.05) is 46.3 Å². The van der Waals surface area contributed by atoms with Gasteiger partial charge in [0.15, 0.2) is 0 Å². The standard InChI is InChI=1S/C11H20/c1-10(2,3)9-6-7-11(4,5)8-9/h8H,6-7H2,1-5H3. The first-order valence-corrected chi connectivity index (χ1v) is 4.53. The van der Waals surface area contributed by atoms with E-state index in [1.54, 1.807) is 5.57 Å². The number of allylic oxidation sites excluding steroid dienone is 2. The van der Waals surface area contributed by atoms with Crippen molar-refractivity contribution in [3.8, 4) is 0 Å². The Morgan fingerprint density at radius 3 is 2.00 bits per heavy atom. The zero-order valence-corrected chi connectivity index (χ0v) is 8.49. The quantitative estimate of drug-likeness (QED) is 0.463. The van der Waals surface area contributed by atoms with Gasteiger partial charge in [-0.3, -0.25) is 0 Å². The maximum Gasteiger partial charge on any atom is -0.0169 e. The van der Waals surface area contributed by atoms with Gasteiger partial charge in [0.1, 0.15) is 0 Å². The van der Waals surface area contributed by atoms with Crippen molar-refractivity contribution in [3.05, 3.63) is 11.6 Å². The van der Waals surface area contributed by atoms with Crippen LogP contribution in [0.15, 0.2) is 11.6 Å². The third kappa shape index (κ3) is 2.08. The second kappa shape index (κ2) is 2.36. The minimum absolute atomic E-state index is 0.397. The van der Waals surface area contributed by atoms with E-state index in [4.69, 9.17) is 0 Å². The third-order valence-electron chi connectivity index (χ3n) is 2.57. The first kappa shape index (κ1) is 8.83. The van der Waals surface area contributed by atoms with Crippen molar-refractivity contribution in [1.82, 2.24) is 0 Å². The monoisotopic (exact) mass is 152 g/mol. The molecular weight excluding hydrogens is 132 g/mol. The minimum atomic E-state index is 0.397. The van der Waals surface area contributed by atoms with Crippen molar-refractivity contribution in [2.75, 3.05) is 0 Å². The number of hydrogen-bond donors (Lipinski definition) is 0. The fraction of sp³-hybridized carbons (Fsp3) is 0.818. The SMILES string of the molecule is CC1(C)C=C(C(C)(C)C)CC1. The van der Waals surface area contributed by atoms with E-state index in [2.05, 4.69) is 40.7 Å². The highest BCUT2D eigenvalue weighted by atomic mass is 14.3. The maximum absolute atomic E-state index is 2.47. The van der Waals surface area contributed by atoms with Crippen LogP contribution in [0, 0.1) is 10.8 Å². The summed E-state index contributed by atoms with van der Waals surface area (Å²) in [7, 11) is 0. The molecule has 11 heavy (non-hydrogen) atoms. The Bertz CT molecular complexity index is 177. The summed E-state index contributed by atoms with van der Waals surface area (Å²) in [5, 5.41) is 0. The fourth-order valence-corrected chi connectivity index (χ4v) is 1.66. The van der Waals surface area contributed by atoms with E-state index in [1.807, 2.05) is 0 Å². The molecule has 1 aliphatic rings. The molecule has 0 amide bonds. The van der Waals surface area contributed by atoms with Gasteiger partial charge in [0, 0.05) is 0 Å².